The number of rotatable bonds is 1. The first kappa shape index (κ1) is 9.47. The van der Waals surface area contributed by atoms with Crippen LogP contribution in [0.3, 0.4) is 0 Å². The summed E-state index contributed by atoms with van der Waals surface area (Å²) in [6, 6.07) is 0.837. The second-order valence-corrected chi connectivity index (χ2v) is 4.75. The third kappa shape index (κ3) is 2.44. The predicted molar refractivity (Wildman–Crippen MR) is 55.9 cm³/mol. The van der Waals surface area contributed by atoms with Gasteiger partial charge in [-0.15, -0.1) is 0 Å². The van der Waals surface area contributed by atoms with E-state index in [-0.39, 0.29) is 0 Å². The predicted octanol–water partition coefficient (Wildman–Crippen LogP) is 1.47. The minimum Gasteiger partial charge on any atom is -0.315 e. The molecule has 0 aromatic heterocycles. The van der Waals surface area contributed by atoms with E-state index < -0.39 is 0 Å². The van der Waals surface area contributed by atoms with Crippen molar-refractivity contribution in [2.45, 2.75) is 38.6 Å². The van der Waals surface area contributed by atoms with Gasteiger partial charge in [0.05, 0.1) is 0 Å². The molecular formula is C11H22N2. The Kier molecular flexibility index (Phi) is 3.23. The lowest BCUT2D eigenvalue weighted by Gasteiger charge is -2.39. The van der Waals surface area contributed by atoms with Crippen molar-refractivity contribution in [2.75, 3.05) is 26.2 Å². The molecule has 2 saturated heterocycles. The van der Waals surface area contributed by atoms with E-state index in [1.807, 2.05) is 0 Å². The van der Waals surface area contributed by atoms with E-state index >= 15 is 0 Å². The third-order valence-electron chi connectivity index (χ3n) is 3.45. The Bertz CT molecular complexity index is 152. The number of hydrogen-bond acceptors (Lipinski definition) is 2. The highest BCUT2D eigenvalue weighted by Crippen LogP contribution is 2.19. The van der Waals surface area contributed by atoms with Crippen LogP contribution < -0.4 is 5.32 Å². The summed E-state index contributed by atoms with van der Waals surface area (Å²) in [7, 11) is 0. The second-order valence-electron chi connectivity index (χ2n) is 4.75. The van der Waals surface area contributed by atoms with Crippen LogP contribution in [0.5, 0.6) is 0 Å². The summed E-state index contributed by atoms with van der Waals surface area (Å²) in [4.78, 5) is 2.70. The van der Waals surface area contributed by atoms with E-state index in [0.29, 0.717) is 0 Å². The normalized spacial score (nSPS) is 37.6. The summed E-state index contributed by atoms with van der Waals surface area (Å²) in [5.41, 5.74) is 0. The van der Waals surface area contributed by atoms with Crippen LogP contribution in [0.1, 0.15) is 32.6 Å². The van der Waals surface area contributed by atoms with Crippen molar-refractivity contribution >= 4 is 0 Å². The molecule has 2 atom stereocenters. The summed E-state index contributed by atoms with van der Waals surface area (Å²) in [5, 5.41) is 3.54. The Hall–Kier alpha value is -0.0800. The Balaban J connectivity index is 1.83. The van der Waals surface area contributed by atoms with Crippen LogP contribution in [0.2, 0.25) is 0 Å². The van der Waals surface area contributed by atoms with Gasteiger partial charge in [-0.05, 0) is 44.8 Å². The topological polar surface area (TPSA) is 15.3 Å². The minimum atomic E-state index is 0.837. The van der Waals surface area contributed by atoms with Crippen molar-refractivity contribution in [1.82, 2.24) is 10.2 Å². The number of likely N-dealkylation sites (tertiary alicyclic amines) is 1. The van der Waals surface area contributed by atoms with Crippen molar-refractivity contribution < 1.29 is 0 Å². The van der Waals surface area contributed by atoms with Crippen LogP contribution in [0.4, 0.5) is 0 Å². The standard InChI is InChI=1S/C11H22N2/c1-10-7-11(9-12-8-10)13-5-3-2-4-6-13/h10-12H,2-9H2,1H3. The highest BCUT2D eigenvalue weighted by atomic mass is 15.2. The first-order valence-corrected chi connectivity index (χ1v) is 5.81. The fourth-order valence-corrected chi connectivity index (χ4v) is 2.69. The number of nitrogens with zero attached hydrogens (tertiary/aromatic N) is 1. The quantitative estimate of drug-likeness (QED) is 0.660. The van der Waals surface area contributed by atoms with Gasteiger partial charge in [-0.2, -0.15) is 0 Å². The van der Waals surface area contributed by atoms with E-state index in [4.69, 9.17) is 0 Å². The maximum absolute atomic E-state index is 3.54. The molecule has 1 N–H and O–H groups in total. The van der Waals surface area contributed by atoms with Gasteiger partial charge in [0.1, 0.15) is 0 Å². The lowest BCUT2D eigenvalue weighted by atomic mass is 9.95. The van der Waals surface area contributed by atoms with Gasteiger partial charge < -0.3 is 5.32 Å². The molecule has 0 saturated carbocycles. The zero-order valence-corrected chi connectivity index (χ0v) is 8.76. The first-order chi connectivity index (χ1) is 6.36. The molecule has 0 spiro atoms. The zero-order chi connectivity index (χ0) is 9.10. The van der Waals surface area contributed by atoms with Crippen LogP contribution in [-0.2, 0) is 0 Å². The van der Waals surface area contributed by atoms with Crippen LogP contribution in [0, 0.1) is 5.92 Å². The Morgan fingerprint density at radius 3 is 2.54 bits per heavy atom. The van der Waals surface area contributed by atoms with E-state index in [1.165, 1.54) is 51.9 Å². The zero-order valence-electron chi connectivity index (χ0n) is 8.76. The molecule has 2 rings (SSSR count). The molecule has 76 valence electrons. The van der Waals surface area contributed by atoms with Crippen molar-refractivity contribution in [2.24, 2.45) is 5.92 Å². The molecule has 2 heteroatoms. The van der Waals surface area contributed by atoms with Crippen molar-refractivity contribution in [3.8, 4) is 0 Å². The molecule has 0 radical (unpaired) electrons. The highest BCUT2D eigenvalue weighted by Gasteiger charge is 2.24. The molecule has 2 unspecified atom stereocenters. The molecule has 0 aliphatic carbocycles. The van der Waals surface area contributed by atoms with Crippen LogP contribution >= 0.6 is 0 Å². The summed E-state index contributed by atoms with van der Waals surface area (Å²) in [6.07, 6.45) is 5.70. The molecule has 0 bridgehead atoms. The summed E-state index contributed by atoms with van der Waals surface area (Å²) in [6.45, 7) is 7.51. The van der Waals surface area contributed by atoms with E-state index in [9.17, 15) is 0 Å². The third-order valence-corrected chi connectivity index (χ3v) is 3.45. The second kappa shape index (κ2) is 4.43. The minimum absolute atomic E-state index is 0.837. The van der Waals surface area contributed by atoms with Crippen molar-refractivity contribution in [3.63, 3.8) is 0 Å². The van der Waals surface area contributed by atoms with Gasteiger partial charge in [0.25, 0.3) is 0 Å². The molecule has 2 nitrogen and oxygen atoms in total. The monoisotopic (exact) mass is 182 g/mol. The summed E-state index contributed by atoms with van der Waals surface area (Å²) < 4.78 is 0. The van der Waals surface area contributed by atoms with Gasteiger partial charge >= 0.3 is 0 Å². The molecule has 0 amide bonds. The average Bonchev–Trinajstić information content (AvgIpc) is 2.19. The first-order valence-electron chi connectivity index (χ1n) is 5.81. The van der Waals surface area contributed by atoms with Crippen LogP contribution in [-0.4, -0.2) is 37.1 Å². The van der Waals surface area contributed by atoms with Crippen LogP contribution in [0.25, 0.3) is 0 Å². The molecule has 2 heterocycles. The Morgan fingerprint density at radius 1 is 1.08 bits per heavy atom. The Morgan fingerprint density at radius 2 is 1.85 bits per heavy atom. The van der Waals surface area contributed by atoms with Gasteiger partial charge in [-0.25, -0.2) is 0 Å². The molecule has 0 aromatic carbocycles. The lowest BCUT2D eigenvalue weighted by Crippen LogP contribution is -2.50. The maximum atomic E-state index is 3.54. The highest BCUT2D eigenvalue weighted by molar-refractivity contribution is 4.82. The fourth-order valence-electron chi connectivity index (χ4n) is 2.69. The Labute approximate surface area is 81.7 Å². The van der Waals surface area contributed by atoms with Crippen molar-refractivity contribution in [1.29, 1.82) is 0 Å². The number of nitrogens with one attached hydrogen (secondary N) is 1. The molecule has 0 aromatic rings. The van der Waals surface area contributed by atoms with E-state index in [2.05, 4.69) is 17.1 Å². The number of piperidine rings is 2. The van der Waals surface area contributed by atoms with Crippen molar-refractivity contribution in [3.05, 3.63) is 0 Å². The molecule has 2 aliphatic heterocycles. The molecule has 2 fully saturated rings. The van der Waals surface area contributed by atoms with Gasteiger partial charge in [0, 0.05) is 12.6 Å². The lowest BCUT2D eigenvalue weighted by molar-refractivity contribution is 0.123. The van der Waals surface area contributed by atoms with Gasteiger partial charge in [-0.3, -0.25) is 4.90 Å². The van der Waals surface area contributed by atoms with E-state index in [1.54, 1.807) is 0 Å². The van der Waals surface area contributed by atoms with Gasteiger partial charge in [0.2, 0.25) is 0 Å². The maximum Gasteiger partial charge on any atom is 0.0223 e. The SMILES string of the molecule is CC1CNCC(N2CCCCC2)C1. The fraction of sp³-hybridized carbons (Fsp3) is 1.00. The van der Waals surface area contributed by atoms with Gasteiger partial charge in [-0.1, -0.05) is 13.3 Å². The van der Waals surface area contributed by atoms with E-state index in [0.717, 1.165) is 12.0 Å². The summed E-state index contributed by atoms with van der Waals surface area (Å²) >= 11 is 0. The molecule has 2 aliphatic rings. The number of hydrogen-bond donors (Lipinski definition) is 1. The average molecular weight is 182 g/mol. The van der Waals surface area contributed by atoms with Gasteiger partial charge in [0.15, 0.2) is 0 Å². The smallest absolute Gasteiger partial charge is 0.0223 e. The van der Waals surface area contributed by atoms with Crippen LogP contribution in [0.15, 0.2) is 0 Å². The molecular weight excluding hydrogens is 160 g/mol. The largest absolute Gasteiger partial charge is 0.315 e. The summed E-state index contributed by atoms with van der Waals surface area (Å²) in [5.74, 6) is 0.876. The molecule has 13 heavy (non-hydrogen) atoms.